The molecule has 0 saturated carbocycles. The van der Waals surface area contributed by atoms with Crippen molar-refractivity contribution in [3.63, 3.8) is 0 Å². The minimum Gasteiger partial charge on any atom is -0.476 e. The van der Waals surface area contributed by atoms with Crippen LogP contribution in [0.2, 0.25) is 0 Å². The van der Waals surface area contributed by atoms with E-state index in [1.165, 1.54) is 0 Å². The molecule has 3 N–H and O–H groups in total. The predicted molar refractivity (Wildman–Crippen MR) is 64.9 cm³/mol. The first-order valence-electron chi connectivity index (χ1n) is 5.94. The van der Waals surface area contributed by atoms with Crippen molar-refractivity contribution >= 4 is 12.0 Å². The van der Waals surface area contributed by atoms with Gasteiger partial charge < -0.3 is 20.1 Å². The van der Waals surface area contributed by atoms with E-state index in [1.807, 2.05) is 0 Å². The van der Waals surface area contributed by atoms with Crippen LogP contribution in [0.1, 0.15) is 21.7 Å². The highest BCUT2D eigenvalue weighted by Crippen LogP contribution is 2.20. The first-order valence-corrected chi connectivity index (χ1v) is 5.94. The number of rotatable bonds is 4. The highest BCUT2D eigenvalue weighted by atomic mass is 16.5. The average Bonchev–Trinajstić information content (AvgIpc) is 2.81. The minimum absolute atomic E-state index is 0.0504. The van der Waals surface area contributed by atoms with Crippen molar-refractivity contribution in [3.8, 4) is 0 Å². The molecular formula is C11H16N4O4. The molecule has 2 amide bonds. The average molecular weight is 268 g/mol. The molecule has 8 heteroatoms. The summed E-state index contributed by atoms with van der Waals surface area (Å²) in [7, 11) is 1.57. The molecule has 19 heavy (non-hydrogen) atoms. The number of carbonyl (C=O) groups is 2. The van der Waals surface area contributed by atoms with Crippen LogP contribution in [-0.4, -0.2) is 59.0 Å². The molecule has 1 aromatic heterocycles. The number of carboxylic acid groups (broad SMARTS) is 1. The van der Waals surface area contributed by atoms with Gasteiger partial charge in [0.05, 0.1) is 18.8 Å². The van der Waals surface area contributed by atoms with E-state index >= 15 is 0 Å². The van der Waals surface area contributed by atoms with E-state index in [4.69, 9.17) is 9.84 Å². The van der Waals surface area contributed by atoms with Gasteiger partial charge in [-0.25, -0.2) is 9.59 Å². The molecule has 1 aromatic rings. The summed E-state index contributed by atoms with van der Waals surface area (Å²) in [5.41, 5.74) is 1.42. The fraction of sp³-hybridized carbons (Fsp3) is 0.545. The molecule has 8 nitrogen and oxygen atoms in total. The SMILES string of the molecule is COCCNC(=O)N1CCc2c(C(=O)O)n[nH]c2C1. The van der Waals surface area contributed by atoms with Gasteiger partial charge in [0, 0.05) is 25.8 Å². The van der Waals surface area contributed by atoms with Crippen LogP contribution in [0.5, 0.6) is 0 Å². The fourth-order valence-electron chi connectivity index (χ4n) is 2.04. The van der Waals surface area contributed by atoms with E-state index in [2.05, 4.69) is 15.5 Å². The normalized spacial score (nSPS) is 14.1. The van der Waals surface area contributed by atoms with Gasteiger partial charge in [-0.2, -0.15) is 5.10 Å². The summed E-state index contributed by atoms with van der Waals surface area (Å²) in [4.78, 5) is 24.4. The third kappa shape index (κ3) is 2.84. The number of methoxy groups -OCH3 is 1. The van der Waals surface area contributed by atoms with E-state index in [0.29, 0.717) is 43.9 Å². The number of hydrogen-bond donors (Lipinski definition) is 3. The third-order valence-electron chi connectivity index (χ3n) is 3.01. The van der Waals surface area contributed by atoms with Crippen LogP contribution in [0.25, 0.3) is 0 Å². The molecule has 0 aromatic carbocycles. The number of nitrogens with zero attached hydrogens (tertiary/aromatic N) is 2. The molecule has 0 bridgehead atoms. The summed E-state index contributed by atoms with van der Waals surface area (Å²) in [6, 6.07) is -0.186. The van der Waals surface area contributed by atoms with E-state index in [9.17, 15) is 9.59 Å². The first kappa shape index (κ1) is 13.3. The Morgan fingerprint density at radius 3 is 3.05 bits per heavy atom. The Kier molecular flexibility index (Phi) is 4.00. The Morgan fingerprint density at radius 2 is 2.37 bits per heavy atom. The van der Waals surface area contributed by atoms with Crippen LogP contribution in [0.4, 0.5) is 4.79 Å². The van der Waals surface area contributed by atoms with Gasteiger partial charge >= 0.3 is 12.0 Å². The maximum absolute atomic E-state index is 11.8. The lowest BCUT2D eigenvalue weighted by molar-refractivity contribution is 0.0689. The van der Waals surface area contributed by atoms with Crippen LogP contribution < -0.4 is 5.32 Å². The zero-order valence-corrected chi connectivity index (χ0v) is 10.6. The van der Waals surface area contributed by atoms with Crippen molar-refractivity contribution in [2.24, 2.45) is 0 Å². The van der Waals surface area contributed by atoms with E-state index in [0.717, 1.165) is 0 Å². The van der Waals surface area contributed by atoms with Gasteiger partial charge in [-0.1, -0.05) is 0 Å². The van der Waals surface area contributed by atoms with Crippen LogP contribution in [-0.2, 0) is 17.7 Å². The van der Waals surface area contributed by atoms with Crippen molar-refractivity contribution < 1.29 is 19.4 Å². The minimum atomic E-state index is -1.05. The third-order valence-corrected chi connectivity index (χ3v) is 3.01. The number of hydrogen-bond acceptors (Lipinski definition) is 4. The fourth-order valence-corrected chi connectivity index (χ4v) is 2.04. The quantitative estimate of drug-likeness (QED) is 0.657. The zero-order chi connectivity index (χ0) is 13.8. The van der Waals surface area contributed by atoms with Crippen LogP contribution in [0, 0.1) is 0 Å². The van der Waals surface area contributed by atoms with Gasteiger partial charge in [-0.05, 0) is 6.42 Å². The number of urea groups is 1. The van der Waals surface area contributed by atoms with Crippen LogP contribution in [0.15, 0.2) is 0 Å². The number of fused-ring (bicyclic) bond motifs is 1. The molecule has 0 atom stereocenters. The molecule has 104 valence electrons. The van der Waals surface area contributed by atoms with Crippen LogP contribution >= 0.6 is 0 Å². The predicted octanol–water partition coefficient (Wildman–Crippen LogP) is -0.178. The standard InChI is InChI=1S/C11H16N4O4/c1-19-5-3-12-11(18)15-4-2-7-8(6-15)13-14-9(7)10(16)17/h2-6H2,1H3,(H,12,18)(H,13,14)(H,16,17). The lowest BCUT2D eigenvalue weighted by Gasteiger charge is -2.26. The largest absolute Gasteiger partial charge is 0.476 e. The van der Waals surface area contributed by atoms with E-state index in [-0.39, 0.29) is 11.7 Å². The number of aromatic carboxylic acids is 1. The maximum Gasteiger partial charge on any atom is 0.356 e. The molecular weight excluding hydrogens is 252 g/mol. The van der Waals surface area contributed by atoms with Crippen molar-refractivity contribution in [3.05, 3.63) is 17.0 Å². The molecule has 0 spiro atoms. The van der Waals surface area contributed by atoms with Gasteiger partial charge in [-0.15, -0.1) is 0 Å². The Balaban J connectivity index is 1.98. The lowest BCUT2D eigenvalue weighted by Crippen LogP contribution is -2.43. The first-order chi connectivity index (χ1) is 9.13. The molecule has 1 aliphatic rings. The van der Waals surface area contributed by atoms with Gasteiger partial charge in [-0.3, -0.25) is 5.10 Å². The molecule has 1 aliphatic heterocycles. The molecule has 0 radical (unpaired) electrons. The summed E-state index contributed by atoms with van der Waals surface area (Å²) < 4.78 is 4.85. The van der Waals surface area contributed by atoms with Crippen molar-refractivity contribution in [2.45, 2.75) is 13.0 Å². The van der Waals surface area contributed by atoms with Gasteiger partial charge in [0.1, 0.15) is 0 Å². The zero-order valence-electron chi connectivity index (χ0n) is 10.6. The van der Waals surface area contributed by atoms with E-state index < -0.39 is 5.97 Å². The van der Waals surface area contributed by atoms with Gasteiger partial charge in [0.2, 0.25) is 0 Å². The molecule has 0 fully saturated rings. The highest BCUT2D eigenvalue weighted by molar-refractivity contribution is 5.87. The Hall–Kier alpha value is -2.09. The summed E-state index contributed by atoms with van der Waals surface area (Å²) in [5, 5.41) is 18.1. The summed E-state index contributed by atoms with van der Waals surface area (Å²) in [6.07, 6.45) is 0.491. The number of aromatic amines is 1. The maximum atomic E-state index is 11.8. The number of ether oxygens (including phenoxy) is 1. The van der Waals surface area contributed by atoms with Gasteiger partial charge in [0.25, 0.3) is 0 Å². The summed E-state index contributed by atoms with van der Waals surface area (Å²) in [6.45, 7) is 1.72. The Bertz CT molecular complexity index is 485. The number of carbonyl (C=O) groups excluding carboxylic acids is 1. The van der Waals surface area contributed by atoms with Crippen molar-refractivity contribution in [1.82, 2.24) is 20.4 Å². The molecule has 0 saturated heterocycles. The number of H-pyrrole nitrogens is 1. The second-order valence-electron chi connectivity index (χ2n) is 4.23. The number of nitrogens with one attached hydrogen (secondary N) is 2. The van der Waals surface area contributed by atoms with E-state index in [1.54, 1.807) is 12.0 Å². The number of aromatic nitrogens is 2. The van der Waals surface area contributed by atoms with Crippen molar-refractivity contribution in [2.75, 3.05) is 26.8 Å². The number of amides is 2. The summed E-state index contributed by atoms with van der Waals surface area (Å²) in [5.74, 6) is -1.05. The molecule has 2 rings (SSSR count). The molecule has 2 heterocycles. The van der Waals surface area contributed by atoms with Crippen molar-refractivity contribution in [1.29, 1.82) is 0 Å². The lowest BCUT2D eigenvalue weighted by atomic mass is 10.0. The second kappa shape index (κ2) is 5.70. The molecule has 0 unspecified atom stereocenters. The topological polar surface area (TPSA) is 108 Å². The highest BCUT2D eigenvalue weighted by Gasteiger charge is 2.26. The smallest absolute Gasteiger partial charge is 0.356 e. The monoisotopic (exact) mass is 268 g/mol. The second-order valence-corrected chi connectivity index (χ2v) is 4.23. The van der Waals surface area contributed by atoms with Gasteiger partial charge in [0.15, 0.2) is 5.69 Å². The Morgan fingerprint density at radius 1 is 1.58 bits per heavy atom. The summed E-state index contributed by atoms with van der Waals surface area (Å²) >= 11 is 0. The Labute approximate surface area is 109 Å². The molecule has 0 aliphatic carbocycles. The van der Waals surface area contributed by atoms with Crippen LogP contribution in [0.3, 0.4) is 0 Å². The number of carboxylic acids is 1.